The summed E-state index contributed by atoms with van der Waals surface area (Å²) in [7, 11) is 0. The van der Waals surface area contributed by atoms with E-state index in [1.165, 1.54) is 11.1 Å². The summed E-state index contributed by atoms with van der Waals surface area (Å²) in [6.45, 7) is 1.95. The van der Waals surface area contributed by atoms with Crippen LogP contribution in [0, 0.1) is 0 Å². The molecule has 2 heterocycles. The lowest BCUT2D eigenvalue weighted by molar-refractivity contribution is -0.140. The van der Waals surface area contributed by atoms with E-state index in [4.69, 9.17) is 4.74 Å². The fraction of sp³-hybridized carbons (Fsp3) is 0.300. The van der Waals surface area contributed by atoms with Gasteiger partial charge >= 0.3 is 5.97 Å². The molecule has 2 rings (SSSR count). The lowest BCUT2D eigenvalue weighted by Crippen LogP contribution is -2.42. The first-order valence-electron chi connectivity index (χ1n) is 4.96. The van der Waals surface area contributed by atoms with Gasteiger partial charge in [-0.05, 0) is 22.9 Å². The Kier molecular flexibility index (Phi) is 3.39. The lowest BCUT2D eigenvalue weighted by atomic mass is 10.2. The maximum Gasteiger partial charge on any atom is 0.340 e. The van der Waals surface area contributed by atoms with Crippen LogP contribution in [-0.4, -0.2) is 41.0 Å². The van der Waals surface area contributed by atoms with E-state index in [0.717, 1.165) is 0 Å². The molecule has 0 unspecified atom stereocenters. The third-order valence-electron chi connectivity index (χ3n) is 2.17. The van der Waals surface area contributed by atoms with Gasteiger partial charge in [-0.25, -0.2) is 14.8 Å². The van der Waals surface area contributed by atoms with Gasteiger partial charge in [0.05, 0.1) is 11.1 Å². The number of guanidine groups is 1. The molecule has 0 saturated carbocycles. The Morgan fingerprint density at radius 3 is 3.18 bits per heavy atom. The van der Waals surface area contributed by atoms with Crippen LogP contribution in [-0.2, 0) is 9.53 Å². The molecule has 0 amide bonds. The van der Waals surface area contributed by atoms with E-state index in [-0.39, 0.29) is 12.2 Å². The van der Waals surface area contributed by atoms with Gasteiger partial charge in [0, 0.05) is 18.6 Å². The molecule has 7 heteroatoms. The van der Waals surface area contributed by atoms with E-state index in [0.29, 0.717) is 10.4 Å². The minimum absolute atomic E-state index is 0.0873. The summed E-state index contributed by atoms with van der Waals surface area (Å²) in [5, 5.41) is 10.0. The van der Waals surface area contributed by atoms with Crippen LogP contribution in [0.2, 0.25) is 0 Å². The molecule has 0 aliphatic carbocycles. The number of halogens is 1. The van der Waals surface area contributed by atoms with Crippen molar-refractivity contribution in [2.45, 2.75) is 13.2 Å². The minimum atomic E-state index is -1.13. The highest BCUT2D eigenvalue weighted by Crippen LogP contribution is 2.21. The van der Waals surface area contributed by atoms with Gasteiger partial charge in [-0.15, -0.1) is 0 Å². The van der Waals surface area contributed by atoms with Crippen molar-refractivity contribution < 1.29 is 14.6 Å². The Morgan fingerprint density at radius 1 is 1.71 bits per heavy atom. The molecule has 0 saturated heterocycles. The molecule has 1 atom stereocenters. The van der Waals surface area contributed by atoms with Gasteiger partial charge < -0.3 is 9.84 Å². The number of allylic oxidation sites excluding steroid dienone is 1. The van der Waals surface area contributed by atoms with Crippen molar-refractivity contribution in [2.24, 2.45) is 9.98 Å². The summed E-state index contributed by atoms with van der Waals surface area (Å²) in [4.78, 5) is 20.9. The quantitative estimate of drug-likeness (QED) is 0.763. The van der Waals surface area contributed by atoms with Crippen molar-refractivity contribution in [2.75, 3.05) is 6.61 Å². The molecule has 0 aromatic rings. The molecule has 0 aromatic heterocycles. The number of aliphatic hydroxyl groups excluding tert-OH is 1. The number of nitrogens with zero attached hydrogens (tertiary/aromatic N) is 3. The molecule has 0 radical (unpaired) electrons. The minimum Gasteiger partial charge on any atom is -0.462 e. The second-order valence-corrected chi connectivity index (χ2v) is 4.20. The maximum absolute atomic E-state index is 11.5. The van der Waals surface area contributed by atoms with Gasteiger partial charge in [-0.2, -0.15) is 0 Å². The average molecular weight is 300 g/mol. The molecule has 90 valence electrons. The van der Waals surface area contributed by atoms with E-state index in [1.54, 1.807) is 19.3 Å². The number of hydrogen-bond donors (Lipinski definition) is 1. The van der Waals surface area contributed by atoms with Crippen LogP contribution in [0.5, 0.6) is 0 Å². The van der Waals surface area contributed by atoms with Gasteiger partial charge in [0.2, 0.25) is 5.96 Å². The molecule has 2 aliphatic rings. The van der Waals surface area contributed by atoms with Crippen molar-refractivity contribution in [3.63, 3.8) is 0 Å². The molecule has 0 fully saturated rings. The van der Waals surface area contributed by atoms with Crippen LogP contribution >= 0.6 is 15.9 Å². The zero-order chi connectivity index (χ0) is 12.4. The third kappa shape index (κ3) is 2.29. The number of carbonyl (C=O) groups excluding carboxylic acids is 1. The van der Waals surface area contributed by atoms with Crippen LogP contribution in [0.3, 0.4) is 0 Å². The molecule has 0 bridgehead atoms. The second kappa shape index (κ2) is 4.80. The Hall–Kier alpha value is -1.47. The van der Waals surface area contributed by atoms with Gasteiger partial charge in [0.15, 0.2) is 6.23 Å². The van der Waals surface area contributed by atoms with Gasteiger partial charge in [-0.3, -0.25) is 4.90 Å². The molecule has 17 heavy (non-hydrogen) atoms. The molecule has 1 N–H and O–H groups in total. The Labute approximate surface area is 106 Å². The van der Waals surface area contributed by atoms with E-state index in [2.05, 4.69) is 25.9 Å². The summed E-state index contributed by atoms with van der Waals surface area (Å²) >= 11 is 3.23. The van der Waals surface area contributed by atoms with Crippen LogP contribution < -0.4 is 0 Å². The highest BCUT2D eigenvalue weighted by molar-refractivity contribution is 9.12. The Bertz CT molecular complexity index is 467. The second-order valence-electron chi connectivity index (χ2n) is 3.29. The molecule has 6 nitrogen and oxygen atoms in total. The largest absolute Gasteiger partial charge is 0.462 e. The number of hydrogen-bond acceptors (Lipinski definition) is 6. The molecule has 0 aromatic carbocycles. The highest BCUT2D eigenvalue weighted by atomic mass is 79.9. The first kappa shape index (κ1) is 12.0. The maximum atomic E-state index is 11.5. The zero-order valence-corrected chi connectivity index (χ0v) is 10.6. The van der Waals surface area contributed by atoms with E-state index < -0.39 is 12.2 Å². The first-order chi connectivity index (χ1) is 8.13. The van der Waals surface area contributed by atoms with Crippen molar-refractivity contribution in [1.82, 2.24) is 4.90 Å². The predicted molar refractivity (Wildman–Crippen MR) is 65.5 cm³/mol. The van der Waals surface area contributed by atoms with E-state index in [9.17, 15) is 9.90 Å². The number of aliphatic hydroxyl groups is 1. The van der Waals surface area contributed by atoms with Crippen LogP contribution in [0.1, 0.15) is 6.92 Å². The summed E-state index contributed by atoms with van der Waals surface area (Å²) < 4.78 is 5.51. The topological polar surface area (TPSA) is 74.5 Å². The molecule has 2 aliphatic heterocycles. The average Bonchev–Trinajstić information content (AvgIpc) is 2.30. The van der Waals surface area contributed by atoms with Crippen LogP contribution in [0.4, 0.5) is 0 Å². The smallest absolute Gasteiger partial charge is 0.340 e. The normalized spacial score (nSPS) is 22.4. The molecular weight excluding hydrogens is 290 g/mol. The standard InChI is InChI=1S/C10H10BrN3O3/c1-2-17-9(16)7-4-13-10-12-3-6(11)5-14(10)8(7)15/h3-5,8,15H,2H2,1H3/t8-/m1/s1. The van der Waals surface area contributed by atoms with E-state index in [1.807, 2.05) is 0 Å². The summed E-state index contributed by atoms with van der Waals surface area (Å²) in [6, 6.07) is 0. The van der Waals surface area contributed by atoms with Crippen molar-refractivity contribution in [1.29, 1.82) is 0 Å². The Morgan fingerprint density at radius 2 is 2.47 bits per heavy atom. The SMILES string of the molecule is CCOC(=O)C1=CN=C2N=CC(Br)=CN2[C@@H]1O. The Balaban J connectivity index is 2.28. The predicted octanol–water partition coefficient (Wildman–Crippen LogP) is 0.744. The van der Waals surface area contributed by atoms with Crippen LogP contribution in [0.25, 0.3) is 0 Å². The fourth-order valence-corrected chi connectivity index (χ4v) is 1.73. The number of esters is 1. The lowest BCUT2D eigenvalue weighted by Gasteiger charge is -2.30. The van der Waals surface area contributed by atoms with E-state index >= 15 is 0 Å². The number of rotatable bonds is 2. The summed E-state index contributed by atoms with van der Waals surface area (Å²) in [5.74, 6) is -0.254. The monoisotopic (exact) mass is 299 g/mol. The molecule has 0 spiro atoms. The van der Waals surface area contributed by atoms with Crippen LogP contribution in [0.15, 0.2) is 32.4 Å². The highest BCUT2D eigenvalue weighted by Gasteiger charge is 2.31. The number of aliphatic imine (C=N–C) groups is 2. The third-order valence-corrected chi connectivity index (χ3v) is 2.58. The van der Waals surface area contributed by atoms with Crippen molar-refractivity contribution in [3.8, 4) is 0 Å². The molecular formula is C10H10BrN3O3. The number of carbonyl (C=O) groups is 1. The van der Waals surface area contributed by atoms with Crippen molar-refractivity contribution >= 4 is 34.1 Å². The van der Waals surface area contributed by atoms with Gasteiger partial charge in [0.25, 0.3) is 0 Å². The van der Waals surface area contributed by atoms with Gasteiger partial charge in [-0.1, -0.05) is 0 Å². The summed E-state index contributed by atoms with van der Waals surface area (Å²) in [6.07, 6.45) is 3.30. The fourth-order valence-electron chi connectivity index (χ4n) is 1.41. The zero-order valence-electron chi connectivity index (χ0n) is 9.00. The number of ether oxygens (including phenoxy) is 1. The van der Waals surface area contributed by atoms with Gasteiger partial charge in [0.1, 0.15) is 5.57 Å². The summed E-state index contributed by atoms with van der Waals surface area (Å²) in [5.41, 5.74) is 0.0873. The number of fused-ring (bicyclic) bond motifs is 1. The first-order valence-corrected chi connectivity index (χ1v) is 5.75. The van der Waals surface area contributed by atoms with Crippen molar-refractivity contribution in [3.05, 3.63) is 22.5 Å².